The summed E-state index contributed by atoms with van der Waals surface area (Å²) in [7, 11) is -3.84. The van der Waals surface area contributed by atoms with Crippen molar-refractivity contribution >= 4 is 15.7 Å². The fourth-order valence-corrected chi connectivity index (χ4v) is 2.75. The van der Waals surface area contributed by atoms with Gasteiger partial charge < -0.3 is 5.43 Å². The largest absolute Gasteiger partial charge is 0.305 e. The second-order valence-corrected chi connectivity index (χ2v) is 6.43. The summed E-state index contributed by atoms with van der Waals surface area (Å²) in [5.74, 6) is -1.63. The van der Waals surface area contributed by atoms with E-state index in [-0.39, 0.29) is 10.6 Å². The topological polar surface area (TPSA) is 58.2 Å². The molecule has 0 heterocycles. The Morgan fingerprint density at radius 3 is 2.32 bits per heavy atom. The number of benzene rings is 2. The lowest BCUT2D eigenvalue weighted by Crippen LogP contribution is -2.30. The van der Waals surface area contributed by atoms with Gasteiger partial charge in [-0.3, -0.25) is 0 Å². The highest BCUT2D eigenvalue weighted by molar-refractivity contribution is 7.89. The summed E-state index contributed by atoms with van der Waals surface area (Å²) in [6.45, 7) is 2.04. The Balaban J connectivity index is 2.10. The van der Waals surface area contributed by atoms with Crippen LogP contribution in [0.15, 0.2) is 47.4 Å². The molecule has 0 saturated carbocycles. The van der Waals surface area contributed by atoms with Crippen LogP contribution in [-0.4, -0.2) is 8.42 Å². The second kappa shape index (κ2) is 6.85. The van der Waals surface area contributed by atoms with Gasteiger partial charge in [0.2, 0.25) is 0 Å². The summed E-state index contributed by atoms with van der Waals surface area (Å²) >= 11 is 0. The smallest absolute Gasteiger partial charge is 0.257 e. The highest BCUT2D eigenvalue weighted by atomic mass is 32.2. The number of sulfonamides is 1. The number of hydrogen-bond acceptors (Lipinski definition) is 3. The number of rotatable bonds is 6. The molecule has 0 aliphatic heterocycles. The number of hydrazine groups is 1. The Kier molecular flexibility index (Phi) is 5.10. The van der Waals surface area contributed by atoms with Gasteiger partial charge >= 0.3 is 0 Å². The van der Waals surface area contributed by atoms with Gasteiger partial charge in [-0.15, -0.1) is 4.83 Å². The quantitative estimate of drug-likeness (QED) is 0.801. The van der Waals surface area contributed by atoms with Crippen LogP contribution in [-0.2, 0) is 16.4 Å². The second-order valence-electron chi connectivity index (χ2n) is 4.75. The fraction of sp³-hybridized carbons (Fsp3) is 0.200. The van der Waals surface area contributed by atoms with E-state index in [1.54, 1.807) is 12.1 Å². The average molecular weight is 326 g/mol. The van der Waals surface area contributed by atoms with Crippen LogP contribution in [0.25, 0.3) is 0 Å². The summed E-state index contributed by atoms with van der Waals surface area (Å²) in [6, 6.07) is 9.23. The van der Waals surface area contributed by atoms with Gasteiger partial charge in [0.25, 0.3) is 10.0 Å². The van der Waals surface area contributed by atoms with Crippen LogP contribution in [0.3, 0.4) is 0 Å². The maximum absolute atomic E-state index is 13.4. The van der Waals surface area contributed by atoms with E-state index >= 15 is 0 Å². The van der Waals surface area contributed by atoms with Crippen molar-refractivity contribution in [1.82, 2.24) is 4.83 Å². The van der Waals surface area contributed by atoms with Crippen LogP contribution in [0, 0.1) is 11.6 Å². The van der Waals surface area contributed by atoms with Crippen molar-refractivity contribution in [3.8, 4) is 0 Å². The van der Waals surface area contributed by atoms with Crippen molar-refractivity contribution in [2.24, 2.45) is 0 Å². The third-order valence-electron chi connectivity index (χ3n) is 3.02. The van der Waals surface area contributed by atoms with Gasteiger partial charge in [0.15, 0.2) is 5.82 Å². The van der Waals surface area contributed by atoms with E-state index in [0.29, 0.717) is 6.07 Å². The van der Waals surface area contributed by atoms with E-state index in [2.05, 4.69) is 10.3 Å². The van der Waals surface area contributed by atoms with Crippen LogP contribution >= 0.6 is 0 Å². The number of hydrogen-bond donors (Lipinski definition) is 2. The Morgan fingerprint density at radius 2 is 1.73 bits per heavy atom. The van der Waals surface area contributed by atoms with Gasteiger partial charge in [-0.1, -0.05) is 25.5 Å². The zero-order valence-corrected chi connectivity index (χ0v) is 12.8. The highest BCUT2D eigenvalue weighted by Crippen LogP contribution is 2.16. The molecule has 2 aromatic rings. The summed E-state index contributed by atoms with van der Waals surface area (Å²) < 4.78 is 50.4. The minimum absolute atomic E-state index is 0.0578. The van der Waals surface area contributed by atoms with Gasteiger partial charge in [0.05, 0.1) is 10.6 Å². The summed E-state index contributed by atoms with van der Waals surface area (Å²) in [6.07, 6.45) is 1.84. The predicted molar refractivity (Wildman–Crippen MR) is 80.7 cm³/mol. The van der Waals surface area contributed by atoms with Gasteiger partial charge in [-0.2, -0.15) is 0 Å². The minimum atomic E-state index is -3.84. The zero-order chi connectivity index (χ0) is 16.2. The van der Waals surface area contributed by atoms with Gasteiger partial charge in [0, 0.05) is 6.07 Å². The molecule has 0 radical (unpaired) electrons. The lowest BCUT2D eigenvalue weighted by molar-refractivity contribution is 0.580. The molecule has 118 valence electrons. The van der Waals surface area contributed by atoms with E-state index in [4.69, 9.17) is 0 Å². The molecule has 0 aliphatic rings. The van der Waals surface area contributed by atoms with Gasteiger partial charge in [-0.25, -0.2) is 17.2 Å². The fourth-order valence-electron chi connectivity index (χ4n) is 1.90. The third kappa shape index (κ3) is 4.02. The monoisotopic (exact) mass is 326 g/mol. The van der Waals surface area contributed by atoms with E-state index < -0.39 is 21.7 Å². The van der Waals surface area contributed by atoms with Gasteiger partial charge in [0.1, 0.15) is 5.82 Å². The molecule has 0 aromatic heterocycles. The maximum atomic E-state index is 13.4. The molecule has 0 saturated heterocycles. The molecule has 0 aliphatic carbocycles. The lowest BCUT2D eigenvalue weighted by Gasteiger charge is -2.10. The van der Waals surface area contributed by atoms with E-state index in [1.165, 1.54) is 12.1 Å². The first-order valence-corrected chi connectivity index (χ1v) is 8.22. The molecular weight excluding hydrogens is 310 g/mol. The Hall–Kier alpha value is -1.99. The number of nitrogens with one attached hydrogen (secondary N) is 2. The van der Waals surface area contributed by atoms with Crippen LogP contribution in [0.5, 0.6) is 0 Å². The van der Waals surface area contributed by atoms with E-state index in [0.717, 1.165) is 30.5 Å². The van der Waals surface area contributed by atoms with Crippen molar-refractivity contribution in [2.45, 2.75) is 24.7 Å². The van der Waals surface area contributed by atoms with Crippen LogP contribution in [0.2, 0.25) is 0 Å². The number of halogens is 2. The molecular formula is C15H16F2N2O2S. The molecule has 0 unspecified atom stereocenters. The zero-order valence-electron chi connectivity index (χ0n) is 11.9. The van der Waals surface area contributed by atoms with E-state index in [1.807, 2.05) is 6.92 Å². The molecule has 0 bridgehead atoms. The first-order chi connectivity index (χ1) is 10.4. The number of anilines is 1. The predicted octanol–water partition coefficient (Wildman–Crippen LogP) is 3.22. The third-order valence-corrected chi connectivity index (χ3v) is 4.29. The molecule has 22 heavy (non-hydrogen) atoms. The number of aryl methyl sites for hydroxylation is 1. The van der Waals surface area contributed by atoms with Crippen molar-refractivity contribution in [3.63, 3.8) is 0 Å². The van der Waals surface area contributed by atoms with E-state index in [9.17, 15) is 17.2 Å². The molecule has 2 aromatic carbocycles. The summed E-state index contributed by atoms with van der Waals surface area (Å²) in [5.41, 5.74) is 3.12. The molecule has 4 nitrogen and oxygen atoms in total. The van der Waals surface area contributed by atoms with Crippen LogP contribution in [0.4, 0.5) is 14.5 Å². The van der Waals surface area contributed by atoms with Crippen molar-refractivity contribution in [2.75, 3.05) is 5.43 Å². The molecule has 0 amide bonds. The van der Waals surface area contributed by atoms with Crippen molar-refractivity contribution in [3.05, 3.63) is 59.7 Å². The lowest BCUT2D eigenvalue weighted by atomic mass is 10.1. The molecule has 0 spiro atoms. The van der Waals surface area contributed by atoms with Crippen molar-refractivity contribution < 1.29 is 17.2 Å². The Bertz CT molecular complexity index is 747. The van der Waals surface area contributed by atoms with Crippen LogP contribution in [0.1, 0.15) is 18.9 Å². The minimum Gasteiger partial charge on any atom is -0.305 e. The van der Waals surface area contributed by atoms with Gasteiger partial charge in [-0.05, 0) is 36.2 Å². The first kappa shape index (κ1) is 16.4. The normalized spacial score (nSPS) is 11.4. The highest BCUT2D eigenvalue weighted by Gasteiger charge is 2.14. The Morgan fingerprint density at radius 1 is 1.05 bits per heavy atom. The SMILES string of the molecule is CCCc1ccc(S(=O)(=O)NNc2ccc(F)cc2F)cc1. The maximum Gasteiger partial charge on any atom is 0.257 e. The van der Waals surface area contributed by atoms with Crippen molar-refractivity contribution in [1.29, 1.82) is 0 Å². The summed E-state index contributed by atoms with van der Waals surface area (Å²) in [5, 5.41) is 0. The first-order valence-electron chi connectivity index (χ1n) is 6.74. The molecule has 2 rings (SSSR count). The average Bonchev–Trinajstić information content (AvgIpc) is 2.47. The molecule has 0 atom stereocenters. The molecule has 2 N–H and O–H groups in total. The summed E-state index contributed by atoms with van der Waals surface area (Å²) in [4.78, 5) is 2.12. The standard InChI is InChI=1S/C15H16F2N2O2S/c1-2-3-11-4-7-13(8-5-11)22(20,21)19-18-15-9-6-12(16)10-14(15)17/h4-10,18-19H,2-3H2,1H3. The Labute approximate surface area is 128 Å². The molecule has 7 heteroatoms. The van der Waals surface area contributed by atoms with Crippen LogP contribution < -0.4 is 10.3 Å². The molecule has 0 fully saturated rings.